The van der Waals surface area contributed by atoms with Crippen LogP contribution < -0.4 is 0 Å². The zero-order chi connectivity index (χ0) is 15.6. The minimum absolute atomic E-state index is 0.188. The fourth-order valence-corrected chi connectivity index (χ4v) is 3.45. The van der Waals surface area contributed by atoms with Gasteiger partial charge in [0.1, 0.15) is 5.82 Å². The Labute approximate surface area is 131 Å². The van der Waals surface area contributed by atoms with Gasteiger partial charge in [-0.1, -0.05) is 24.6 Å². The van der Waals surface area contributed by atoms with Crippen LogP contribution in [0.4, 0.5) is 4.39 Å². The monoisotopic (exact) mass is 311 g/mol. The molecule has 0 saturated heterocycles. The van der Waals surface area contributed by atoms with Gasteiger partial charge in [0.15, 0.2) is 5.78 Å². The zero-order valence-corrected chi connectivity index (χ0v) is 13.7. The average Bonchev–Trinajstić information content (AvgIpc) is 2.42. The Kier molecular flexibility index (Phi) is 5.05. The molecular formula is C17H23ClFNO. The third kappa shape index (κ3) is 3.46. The minimum atomic E-state index is -0.399. The SMILES string of the molecule is CC1CCC(C(=O)Cc2ccc(F)cc2Cl)(N(C)C)CC1. The van der Waals surface area contributed by atoms with E-state index < -0.39 is 5.54 Å². The Morgan fingerprint density at radius 1 is 1.38 bits per heavy atom. The lowest BCUT2D eigenvalue weighted by atomic mass is 9.72. The first-order valence-electron chi connectivity index (χ1n) is 7.50. The number of halogens is 2. The summed E-state index contributed by atoms with van der Waals surface area (Å²) >= 11 is 6.05. The largest absolute Gasteiger partial charge is 0.297 e. The molecule has 1 aromatic rings. The van der Waals surface area contributed by atoms with Crippen molar-refractivity contribution >= 4 is 17.4 Å². The van der Waals surface area contributed by atoms with Gasteiger partial charge in [-0.05, 0) is 63.4 Å². The molecule has 0 aromatic heterocycles. The van der Waals surface area contributed by atoms with Crippen LogP contribution in [0, 0.1) is 11.7 Å². The number of ketones is 1. The molecule has 0 bridgehead atoms. The molecule has 1 aliphatic rings. The van der Waals surface area contributed by atoms with E-state index >= 15 is 0 Å². The maximum absolute atomic E-state index is 13.1. The molecule has 4 heteroatoms. The molecular weight excluding hydrogens is 289 g/mol. The molecule has 21 heavy (non-hydrogen) atoms. The van der Waals surface area contributed by atoms with Gasteiger partial charge in [0, 0.05) is 11.4 Å². The Hall–Kier alpha value is -0.930. The number of hydrogen-bond donors (Lipinski definition) is 0. The number of rotatable bonds is 4. The lowest BCUT2D eigenvalue weighted by molar-refractivity contribution is -0.131. The second-order valence-corrected chi connectivity index (χ2v) is 6.85. The van der Waals surface area contributed by atoms with E-state index in [-0.39, 0.29) is 18.0 Å². The van der Waals surface area contributed by atoms with Crippen LogP contribution >= 0.6 is 11.6 Å². The second-order valence-electron chi connectivity index (χ2n) is 6.44. The molecule has 2 nitrogen and oxygen atoms in total. The van der Waals surface area contributed by atoms with Gasteiger partial charge in [0.05, 0.1) is 5.54 Å². The summed E-state index contributed by atoms with van der Waals surface area (Å²) in [5.74, 6) is 0.498. The van der Waals surface area contributed by atoms with Crippen LogP contribution in [-0.2, 0) is 11.2 Å². The van der Waals surface area contributed by atoms with E-state index in [1.54, 1.807) is 6.07 Å². The van der Waals surface area contributed by atoms with E-state index in [1.807, 2.05) is 14.1 Å². The summed E-state index contributed by atoms with van der Waals surface area (Å²) in [5, 5.41) is 0.335. The molecule has 1 saturated carbocycles. The molecule has 0 atom stereocenters. The Morgan fingerprint density at radius 3 is 2.52 bits per heavy atom. The van der Waals surface area contributed by atoms with Crippen LogP contribution in [0.15, 0.2) is 18.2 Å². The van der Waals surface area contributed by atoms with E-state index in [0.29, 0.717) is 16.5 Å². The molecule has 0 radical (unpaired) electrons. The molecule has 0 aliphatic heterocycles. The summed E-state index contributed by atoms with van der Waals surface area (Å²) in [7, 11) is 3.94. The Morgan fingerprint density at radius 2 is 2.00 bits per heavy atom. The lowest BCUT2D eigenvalue weighted by Crippen LogP contribution is -2.53. The summed E-state index contributed by atoms with van der Waals surface area (Å²) in [4.78, 5) is 14.9. The second kappa shape index (κ2) is 6.45. The molecule has 0 unspecified atom stereocenters. The average molecular weight is 312 g/mol. The lowest BCUT2D eigenvalue weighted by Gasteiger charge is -2.43. The first-order chi connectivity index (χ1) is 9.85. The molecule has 0 spiro atoms. The van der Waals surface area contributed by atoms with Crippen molar-refractivity contribution in [3.05, 3.63) is 34.6 Å². The number of benzene rings is 1. The van der Waals surface area contributed by atoms with Gasteiger partial charge in [0.2, 0.25) is 0 Å². The Bertz CT molecular complexity index is 522. The number of nitrogens with zero attached hydrogens (tertiary/aromatic N) is 1. The zero-order valence-electron chi connectivity index (χ0n) is 13.0. The van der Waals surface area contributed by atoms with Crippen molar-refractivity contribution < 1.29 is 9.18 Å². The minimum Gasteiger partial charge on any atom is -0.297 e. The highest BCUT2D eigenvalue weighted by Crippen LogP contribution is 2.37. The topological polar surface area (TPSA) is 20.3 Å². The van der Waals surface area contributed by atoms with Crippen LogP contribution in [-0.4, -0.2) is 30.3 Å². The van der Waals surface area contributed by atoms with Crippen molar-refractivity contribution in [2.45, 2.75) is 44.6 Å². The van der Waals surface area contributed by atoms with E-state index in [9.17, 15) is 9.18 Å². The molecule has 116 valence electrons. The number of likely N-dealkylation sites (N-methyl/N-ethyl adjacent to an activating group) is 1. The quantitative estimate of drug-likeness (QED) is 0.834. The van der Waals surface area contributed by atoms with Gasteiger partial charge in [-0.2, -0.15) is 0 Å². The van der Waals surface area contributed by atoms with E-state index in [2.05, 4.69) is 11.8 Å². The maximum atomic E-state index is 13.1. The summed E-state index contributed by atoms with van der Waals surface area (Å²) < 4.78 is 13.1. The van der Waals surface area contributed by atoms with Crippen LogP contribution in [0.1, 0.15) is 38.2 Å². The first-order valence-corrected chi connectivity index (χ1v) is 7.87. The van der Waals surface area contributed by atoms with Crippen LogP contribution in [0.25, 0.3) is 0 Å². The molecule has 2 rings (SSSR count). The molecule has 1 aliphatic carbocycles. The van der Waals surface area contributed by atoms with E-state index in [0.717, 1.165) is 25.7 Å². The highest BCUT2D eigenvalue weighted by Gasteiger charge is 2.42. The fraction of sp³-hybridized carbons (Fsp3) is 0.588. The van der Waals surface area contributed by atoms with Crippen LogP contribution in [0.3, 0.4) is 0 Å². The third-order valence-electron chi connectivity index (χ3n) is 4.84. The number of carbonyl (C=O) groups excluding carboxylic acids is 1. The Balaban J connectivity index is 2.20. The fourth-order valence-electron chi connectivity index (χ4n) is 3.22. The summed E-state index contributed by atoms with van der Waals surface area (Å²) in [6.45, 7) is 2.24. The predicted octanol–water partition coefficient (Wildman–Crippen LogP) is 4.10. The third-order valence-corrected chi connectivity index (χ3v) is 5.19. The maximum Gasteiger partial charge on any atom is 0.157 e. The summed E-state index contributed by atoms with van der Waals surface area (Å²) in [6, 6.07) is 4.25. The van der Waals surface area contributed by atoms with Gasteiger partial charge < -0.3 is 0 Å². The normalized spacial score (nSPS) is 26.1. The number of Topliss-reactive ketones (excluding diaryl/α,β-unsaturated/α-hetero) is 1. The summed E-state index contributed by atoms with van der Waals surface area (Å²) in [5.41, 5.74) is 0.312. The van der Waals surface area contributed by atoms with Gasteiger partial charge in [-0.25, -0.2) is 4.39 Å². The van der Waals surface area contributed by atoms with Crippen molar-refractivity contribution in [1.82, 2.24) is 4.90 Å². The molecule has 1 fully saturated rings. The predicted molar refractivity (Wildman–Crippen MR) is 84.2 cm³/mol. The van der Waals surface area contributed by atoms with E-state index in [4.69, 9.17) is 11.6 Å². The standard InChI is InChI=1S/C17H23ClFNO/c1-12-6-8-17(9-7-12,20(2)3)16(21)10-13-4-5-14(19)11-15(13)18/h4-5,11-12H,6-10H2,1-3H3. The molecule has 0 amide bonds. The number of carbonyl (C=O) groups is 1. The molecule has 0 N–H and O–H groups in total. The number of hydrogen-bond acceptors (Lipinski definition) is 2. The van der Waals surface area contributed by atoms with Crippen molar-refractivity contribution in [3.8, 4) is 0 Å². The van der Waals surface area contributed by atoms with Crippen LogP contribution in [0.5, 0.6) is 0 Å². The van der Waals surface area contributed by atoms with Crippen LogP contribution in [0.2, 0.25) is 5.02 Å². The first kappa shape index (κ1) is 16.4. The van der Waals surface area contributed by atoms with E-state index in [1.165, 1.54) is 12.1 Å². The van der Waals surface area contributed by atoms with Crippen molar-refractivity contribution in [2.24, 2.45) is 5.92 Å². The van der Waals surface area contributed by atoms with Crippen molar-refractivity contribution in [3.63, 3.8) is 0 Å². The van der Waals surface area contributed by atoms with Crippen molar-refractivity contribution in [2.75, 3.05) is 14.1 Å². The molecule has 0 heterocycles. The summed E-state index contributed by atoms with van der Waals surface area (Å²) in [6.07, 6.45) is 4.19. The van der Waals surface area contributed by atoms with Gasteiger partial charge in [-0.15, -0.1) is 0 Å². The van der Waals surface area contributed by atoms with Gasteiger partial charge in [0.25, 0.3) is 0 Å². The highest BCUT2D eigenvalue weighted by atomic mass is 35.5. The van der Waals surface area contributed by atoms with Gasteiger partial charge >= 0.3 is 0 Å². The molecule has 1 aromatic carbocycles. The van der Waals surface area contributed by atoms with Gasteiger partial charge in [-0.3, -0.25) is 9.69 Å². The van der Waals surface area contributed by atoms with Crippen molar-refractivity contribution in [1.29, 1.82) is 0 Å². The smallest absolute Gasteiger partial charge is 0.157 e. The highest BCUT2D eigenvalue weighted by molar-refractivity contribution is 6.31.